The molecular formula is C23H26N2O5S. The molecule has 2 aliphatic heterocycles. The molecule has 2 heterocycles. The molecule has 1 fully saturated rings. The van der Waals surface area contributed by atoms with Crippen LogP contribution in [0.15, 0.2) is 53.4 Å². The van der Waals surface area contributed by atoms with Crippen molar-refractivity contribution in [3.63, 3.8) is 0 Å². The first-order valence-corrected chi connectivity index (χ1v) is 11.8. The zero-order chi connectivity index (χ0) is 21.8. The minimum atomic E-state index is -3.56. The minimum absolute atomic E-state index is 0.135. The summed E-state index contributed by atoms with van der Waals surface area (Å²) < 4.78 is 38.4. The maximum atomic E-state index is 12.9. The molecule has 0 radical (unpaired) electrons. The lowest BCUT2D eigenvalue weighted by molar-refractivity contribution is -0.125. The second kappa shape index (κ2) is 9.11. The fourth-order valence-electron chi connectivity index (χ4n) is 3.65. The van der Waals surface area contributed by atoms with E-state index in [1.807, 2.05) is 25.1 Å². The van der Waals surface area contributed by atoms with Crippen molar-refractivity contribution in [1.82, 2.24) is 9.21 Å². The van der Waals surface area contributed by atoms with E-state index in [4.69, 9.17) is 9.47 Å². The van der Waals surface area contributed by atoms with Crippen LogP contribution in [0, 0.1) is 6.92 Å². The van der Waals surface area contributed by atoms with E-state index in [0.29, 0.717) is 50.8 Å². The Morgan fingerprint density at radius 3 is 2.45 bits per heavy atom. The Morgan fingerprint density at radius 2 is 1.68 bits per heavy atom. The molecule has 7 nitrogen and oxygen atoms in total. The molecule has 2 aromatic carbocycles. The second-order valence-corrected chi connectivity index (χ2v) is 9.57. The molecule has 0 saturated carbocycles. The summed E-state index contributed by atoms with van der Waals surface area (Å²) in [6.45, 7) is 4.51. The molecule has 2 aromatic rings. The normalized spacial score (nSPS) is 17.5. The first-order chi connectivity index (χ1) is 14.9. The average Bonchev–Trinajstić information content (AvgIpc) is 3.05. The summed E-state index contributed by atoms with van der Waals surface area (Å²) in [6, 6.07) is 12.4. The van der Waals surface area contributed by atoms with Gasteiger partial charge in [0.25, 0.3) is 0 Å². The number of hydrogen-bond acceptors (Lipinski definition) is 5. The molecule has 4 rings (SSSR count). The standard InChI is InChI=1S/C23H26N2O5S/c1-18-3-7-20(8-4-18)31(27,28)25-12-2-11-24(13-14-25)23(26)10-6-19-5-9-21-22(17-19)30-16-15-29-21/h3-10,17H,2,11-16H2,1H3. The average molecular weight is 443 g/mol. The number of carbonyl (C=O) groups excluding carboxylic acids is 1. The van der Waals surface area contributed by atoms with Gasteiger partial charge in [0.05, 0.1) is 4.90 Å². The van der Waals surface area contributed by atoms with Crippen LogP contribution in [0.4, 0.5) is 0 Å². The number of carbonyl (C=O) groups is 1. The molecule has 31 heavy (non-hydrogen) atoms. The van der Waals surface area contributed by atoms with Crippen LogP contribution in [0.2, 0.25) is 0 Å². The Bertz CT molecular complexity index is 1080. The monoisotopic (exact) mass is 442 g/mol. The molecule has 0 aromatic heterocycles. The van der Waals surface area contributed by atoms with E-state index in [-0.39, 0.29) is 17.3 Å². The molecule has 8 heteroatoms. The lowest BCUT2D eigenvalue weighted by atomic mass is 10.1. The number of benzene rings is 2. The second-order valence-electron chi connectivity index (χ2n) is 7.63. The van der Waals surface area contributed by atoms with Gasteiger partial charge in [0.2, 0.25) is 15.9 Å². The van der Waals surface area contributed by atoms with Gasteiger partial charge in [0.15, 0.2) is 11.5 Å². The highest BCUT2D eigenvalue weighted by molar-refractivity contribution is 7.89. The molecule has 0 N–H and O–H groups in total. The van der Waals surface area contributed by atoms with Crippen molar-refractivity contribution in [1.29, 1.82) is 0 Å². The minimum Gasteiger partial charge on any atom is -0.486 e. The number of sulfonamides is 1. The van der Waals surface area contributed by atoms with E-state index in [1.165, 1.54) is 10.4 Å². The van der Waals surface area contributed by atoms with E-state index in [9.17, 15) is 13.2 Å². The maximum absolute atomic E-state index is 12.9. The predicted octanol–water partition coefficient (Wildman–Crippen LogP) is 2.70. The highest BCUT2D eigenvalue weighted by Crippen LogP contribution is 2.31. The van der Waals surface area contributed by atoms with Gasteiger partial charge in [0, 0.05) is 32.3 Å². The third-order valence-electron chi connectivity index (χ3n) is 5.41. The van der Waals surface area contributed by atoms with Crippen molar-refractivity contribution >= 4 is 22.0 Å². The van der Waals surface area contributed by atoms with Crippen molar-refractivity contribution in [2.75, 3.05) is 39.4 Å². The molecule has 1 saturated heterocycles. The van der Waals surface area contributed by atoms with Crippen LogP contribution in [0.25, 0.3) is 6.08 Å². The number of rotatable bonds is 4. The van der Waals surface area contributed by atoms with Crippen LogP contribution >= 0.6 is 0 Å². The number of ether oxygens (including phenoxy) is 2. The summed E-state index contributed by atoms with van der Waals surface area (Å²) in [5.41, 5.74) is 1.85. The summed E-state index contributed by atoms with van der Waals surface area (Å²) in [7, 11) is -3.56. The highest BCUT2D eigenvalue weighted by atomic mass is 32.2. The van der Waals surface area contributed by atoms with Gasteiger partial charge in [-0.1, -0.05) is 23.8 Å². The van der Waals surface area contributed by atoms with Crippen LogP contribution in [-0.4, -0.2) is 62.9 Å². The van der Waals surface area contributed by atoms with Gasteiger partial charge in [-0.15, -0.1) is 0 Å². The van der Waals surface area contributed by atoms with Crippen LogP contribution in [0.1, 0.15) is 17.5 Å². The smallest absolute Gasteiger partial charge is 0.246 e. The lowest BCUT2D eigenvalue weighted by Gasteiger charge is -2.21. The summed E-state index contributed by atoms with van der Waals surface area (Å²) in [5, 5.41) is 0. The number of hydrogen-bond donors (Lipinski definition) is 0. The van der Waals surface area contributed by atoms with Gasteiger partial charge in [-0.25, -0.2) is 8.42 Å². The maximum Gasteiger partial charge on any atom is 0.246 e. The number of amides is 1. The molecule has 0 aliphatic carbocycles. The zero-order valence-electron chi connectivity index (χ0n) is 17.5. The summed E-state index contributed by atoms with van der Waals surface area (Å²) in [5.74, 6) is 1.24. The SMILES string of the molecule is Cc1ccc(S(=O)(=O)N2CCCN(C(=O)C=Cc3ccc4c(c3)OCCO4)CC2)cc1. The van der Waals surface area contributed by atoms with Crippen LogP contribution < -0.4 is 9.47 Å². The predicted molar refractivity (Wildman–Crippen MR) is 118 cm³/mol. The Balaban J connectivity index is 1.39. The van der Waals surface area contributed by atoms with E-state index < -0.39 is 10.0 Å². The van der Waals surface area contributed by atoms with Crippen molar-refractivity contribution in [3.05, 3.63) is 59.7 Å². The van der Waals surface area contributed by atoms with Gasteiger partial charge in [-0.2, -0.15) is 4.31 Å². The first-order valence-electron chi connectivity index (χ1n) is 10.4. The summed E-state index contributed by atoms with van der Waals surface area (Å²) >= 11 is 0. The van der Waals surface area contributed by atoms with Gasteiger partial charge >= 0.3 is 0 Å². The largest absolute Gasteiger partial charge is 0.486 e. The van der Waals surface area contributed by atoms with Crippen LogP contribution in [0.3, 0.4) is 0 Å². The Morgan fingerprint density at radius 1 is 0.935 bits per heavy atom. The zero-order valence-corrected chi connectivity index (χ0v) is 18.3. The third-order valence-corrected chi connectivity index (χ3v) is 7.32. The molecular weight excluding hydrogens is 416 g/mol. The van der Waals surface area contributed by atoms with Crippen LogP contribution in [-0.2, 0) is 14.8 Å². The topological polar surface area (TPSA) is 76.2 Å². The van der Waals surface area contributed by atoms with Crippen molar-refractivity contribution in [3.8, 4) is 11.5 Å². The number of nitrogens with zero attached hydrogens (tertiary/aromatic N) is 2. The lowest BCUT2D eigenvalue weighted by Crippen LogP contribution is -2.36. The van der Waals surface area contributed by atoms with E-state index in [0.717, 1.165) is 11.1 Å². The van der Waals surface area contributed by atoms with Gasteiger partial charge < -0.3 is 14.4 Å². The highest BCUT2D eigenvalue weighted by Gasteiger charge is 2.27. The molecule has 0 unspecified atom stereocenters. The first kappa shape index (κ1) is 21.4. The molecule has 0 bridgehead atoms. The van der Waals surface area contributed by atoms with E-state index in [2.05, 4.69) is 0 Å². The molecule has 164 valence electrons. The Labute approximate surface area is 182 Å². The van der Waals surface area contributed by atoms with E-state index >= 15 is 0 Å². The van der Waals surface area contributed by atoms with E-state index in [1.54, 1.807) is 35.2 Å². The van der Waals surface area contributed by atoms with Crippen molar-refractivity contribution < 1.29 is 22.7 Å². The Kier molecular flexibility index (Phi) is 6.29. The van der Waals surface area contributed by atoms with Gasteiger partial charge in [-0.05, 0) is 49.2 Å². The third kappa shape index (κ3) is 4.91. The van der Waals surface area contributed by atoms with Gasteiger partial charge in [0.1, 0.15) is 13.2 Å². The fourth-order valence-corrected chi connectivity index (χ4v) is 5.12. The molecule has 0 atom stereocenters. The molecule has 1 amide bonds. The molecule has 0 spiro atoms. The quantitative estimate of drug-likeness (QED) is 0.681. The summed E-state index contributed by atoms with van der Waals surface area (Å²) in [4.78, 5) is 14.7. The molecule has 2 aliphatic rings. The van der Waals surface area contributed by atoms with Crippen LogP contribution in [0.5, 0.6) is 11.5 Å². The Hall–Kier alpha value is -2.84. The van der Waals surface area contributed by atoms with Gasteiger partial charge in [-0.3, -0.25) is 4.79 Å². The van der Waals surface area contributed by atoms with Crippen molar-refractivity contribution in [2.24, 2.45) is 0 Å². The number of aryl methyl sites for hydroxylation is 1. The summed E-state index contributed by atoms with van der Waals surface area (Å²) in [6.07, 6.45) is 3.86. The fraction of sp³-hybridized carbons (Fsp3) is 0.348. The number of fused-ring (bicyclic) bond motifs is 1. The van der Waals surface area contributed by atoms with Crippen molar-refractivity contribution in [2.45, 2.75) is 18.2 Å².